The van der Waals surface area contributed by atoms with Gasteiger partial charge in [-0.1, -0.05) is 0 Å². The molecule has 5 heteroatoms. The van der Waals surface area contributed by atoms with Crippen molar-refractivity contribution in [1.82, 2.24) is 0 Å². The summed E-state index contributed by atoms with van der Waals surface area (Å²) in [5.74, 6) is -1.00. The number of phenols is 1. The summed E-state index contributed by atoms with van der Waals surface area (Å²) in [5.41, 5.74) is -0.00231. The summed E-state index contributed by atoms with van der Waals surface area (Å²) >= 11 is 0. The Balaban J connectivity index is 2.59. The minimum absolute atomic E-state index is 0.00231. The number of hydrogen-bond donors (Lipinski definition) is 2. The first-order valence-corrected chi connectivity index (χ1v) is 4.05. The van der Waals surface area contributed by atoms with Crippen molar-refractivity contribution in [2.45, 2.75) is 0 Å². The van der Waals surface area contributed by atoms with Gasteiger partial charge in [0.1, 0.15) is 18.8 Å². The van der Waals surface area contributed by atoms with Crippen LogP contribution < -0.4 is 9.47 Å². The van der Waals surface area contributed by atoms with E-state index in [1.54, 1.807) is 0 Å². The second-order valence-corrected chi connectivity index (χ2v) is 2.79. The fourth-order valence-corrected chi connectivity index (χ4v) is 1.29. The van der Waals surface area contributed by atoms with E-state index in [0.717, 1.165) is 0 Å². The number of ether oxygens (including phenoxy) is 2. The summed E-state index contributed by atoms with van der Waals surface area (Å²) in [6.07, 6.45) is 0. The lowest BCUT2D eigenvalue weighted by atomic mass is 10.1. The third-order valence-corrected chi connectivity index (χ3v) is 1.90. The predicted octanol–water partition coefficient (Wildman–Crippen LogP) is 0.862. The number of phenolic OH excluding ortho intramolecular Hbond substituents is 1. The van der Waals surface area contributed by atoms with Crippen LogP contribution in [0.3, 0.4) is 0 Å². The maximum Gasteiger partial charge on any atom is 0.339 e. The van der Waals surface area contributed by atoms with Crippen LogP contribution in [0.5, 0.6) is 17.2 Å². The van der Waals surface area contributed by atoms with Crippen LogP contribution in [0.25, 0.3) is 0 Å². The number of hydrogen-bond acceptors (Lipinski definition) is 4. The van der Waals surface area contributed by atoms with Crippen LogP contribution in [0.15, 0.2) is 12.1 Å². The predicted molar refractivity (Wildman–Crippen MR) is 46.1 cm³/mol. The zero-order valence-corrected chi connectivity index (χ0v) is 7.19. The van der Waals surface area contributed by atoms with E-state index in [9.17, 15) is 9.90 Å². The van der Waals surface area contributed by atoms with Gasteiger partial charge in [0, 0.05) is 0 Å². The van der Waals surface area contributed by atoms with Crippen molar-refractivity contribution in [1.29, 1.82) is 0 Å². The van der Waals surface area contributed by atoms with E-state index in [1.165, 1.54) is 12.1 Å². The monoisotopic (exact) mass is 196 g/mol. The number of carboxylic acid groups (broad SMARTS) is 1. The highest BCUT2D eigenvalue weighted by Crippen LogP contribution is 2.41. The number of fused-ring (bicyclic) bond motifs is 1. The topological polar surface area (TPSA) is 76.0 Å². The van der Waals surface area contributed by atoms with Gasteiger partial charge in [0.15, 0.2) is 11.5 Å². The minimum Gasteiger partial charge on any atom is -0.504 e. The largest absolute Gasteiger partial charge is 0.504 e. The lowest BCUT2D eigenvalue weighted by molar-refractivity contribution is 0.0686. The van der Waals surface area contributed by atoms with Crippen molar-refractivity contribution in [3.63, 3.8) is 0 Å². The van der Waals surface area contributed by atoms with Crippen LogP contribution >= 0.6 is 0 Å². The van der Waals surface area contributed by atoms with E-state index in [2.05, 4.69) is 0 Å². The van der Waals surface area contributed by atoms with Gasteiger partial charge in [-0.3, -0.25) is 0 Å². The zero-order valence-electron chi connectivity index (χ0n) is 7.19. The Morgan fingerprint density at radius 1 is 1.21 bits per heavy atom. The molecule has 0 saturated heterocycles. The van der Waals surface area contributed by atoms with Crippen LogP contribution in [-0.2, 0) is 0 Å². The zero-order chi connectivity index (χ0) is 10.1. The summed E-state index contributed by atoms with van der Waals surface area (Å²) in [7, 11) is 0. The first kappa shape index (κ1) is 8.68. The molecular formula is C9H8O5. The maximum absolute atomic E-state index is 10.8. The molecule has 1 heterocycles. The molecule has 5 nitrogen and oxygen atoms in total. The van der Waals surface area contributed by atoms with Crippen molar-refractivity contribution >= 4 is 5.97 Å². The van der Waals surface area contributed by atoms with E-state index in [-0.39, 0.29) is 29.4 Å². The summed E-state index contributed by atoms with van der Waals surface area (Å²) in [4.78, 5) is 10.8. The van der Waals surface area contributed by atoms with Gasteiger partial charge in [-0.15, -0.1) is 0 Å². The molecule has 1 aromatic carbocycles. The first-order chi connectivity index (χ1) is 6.70. The molecule has 0 amide bonds. The number of benzene rings is 1. The van der Waals surface area contributed by atoms with E-state index >= 15 is 0 Å². The third-order valence-electron chi connectivity index (χ3n) is 1.90. The van der Waals surface area contributed by atoms with Crippen LogP contribution in [0, 0.1) is 0 Å². The van der Waals surface area contributed by atoms with Crippen LogP contribution in [0.4, 0.5) is 0 Å². The molecule has 0 radical (unpaired) electrons. The van der Waals surface area contributed by atoms with E-state index in [0.29, 0.717) is 6.61 Å². The quantitative estimate of drug-likeness (QED) is 0.696. The molecule has 1 aliphatic heterocycles. The molecule has 74 valence electrons. The molecule has 0 saturated carbocycles. The SMILES string of the molecule is O=C(O)c1ccc(O)c2c1OCCO2. The lowest BCUT2D eigenvalue weighted by Crippen LogP contribution is -2.17. The van der Waals surface area contributed by atoms with Gasteiger partial charge in [-0.25, -0.2) is 4.79 Å². The van der Waals surface area contributed by atoms with Crippen molar-refractivity contribution in [2.24, 2.45) is 0 Å². The fourth-order valence-electron chi connectivity index (χ4n) is 1.29. The van der Waals surface area contributed by atoms with Crippen molar-refractivity contribution in [2.75, 3.05) is 13.2 Å². The number of carboxylic acids is 1. The summed E-state index contributed by atoms with van der Waals surface area (Å²) in [5, 5.41) is 18.2. The van der Waals surface area contributed by atoms with Crippen LogP contribution in [-0.4, -0.2) is 29.4 Å². The molecule has 0 unspecified atom stereocenters. The molecule has 0 aromatic heterocycles. The molecule has 1 aromatic rings. The fraction of sp³-hybridized carbons (Fsp3) is 0.222. The minimum atomic E-state index is -1.10. The lowest BCUT2D eigenvalue weighted by Gasteiger charge is -2.20. The van der Waals surface area contributed by atoms with E-state index in [4.69, 9.17) is 14.6 Å². The van der Waals surface area contributed by atoms with Gasteiger partial charge in [-0.05, 0) is 12.1 Å². The normalized spacial score (nSPS) is 13.7. The molecule has 2 N–H and O–H groups in total. The van der Waals surface area contributed by atoms with Crippen molar-refractivity contribution in [3.05, 3.63) is 17.7 Å². The van der Waals surface area contributed by atoms with Gasteiger partial charge in [0.25, 0.3) is 0 Å². The van der Waals surface area contributed by atoms with E-state index in [1.807, 2.05) is 0 Å². The second kappa shape index (κ2) is 3.10. The molecule has 14 heavy (non-hydrogen) atoms. The Labute approximate surface area is 79.5 Å². The first-order valence-electron chi connectivity index (χ1n) is 4.05. The highest BCUT2D eigenvalue weighted by atomic mass is 16.6. The standard InChI is InChI=1S/C9H8O5/c10-6-2-1-5(9(11)12)7-8(6)14-4-3-13-7/h1-2,10H,3-4H2,(H,11,12). The van der Waals surface area contributed by atoms with Crippen LogP contribution in [0.1, 0.15) is 10.4 Å². The van der Waals surface area contributed by atoms with Gasteiger partial charge < -0.3 is 19.7 Å². The summed E-state index contributed by atoms with van der Waals surface area (Å²) in [6, 6.07) is 2.56. The Hall–Kier alpha value is -1.91. The Bertz CT molecular complexity index is 385. The molecule has 2 rings (SSSR count). The number of aromatic hydroxyl groups is 1. The Morgan fingerprint density at radius 2 is 1.86 bits per heavy atom. The van der Waals surface area contributed by atoms with E-state index < -0.39 is 5.97 Å². The van der Waals surface area contributed by atoms with Gasteiger partial charge in [-0.2, -0.15) is 0 Å². The Morgan fingerprint density at radius 3 is 2.50 bits per heavy atom. The number of rotatable bonds is 1. The number of carbonyl (C=O) groups is 1. The highest BCUT2D eigenvalue weighted by Gasteiger charge is 2.23. The summed E-state index contributed by atoms with van der Waals surface area (Å²) in [6.45, 7) is 0.598. The number of aromatic carboxylic acids is 1. The molecule has 0 atom stereocenters. The van der Waals surface area contributed by atoms with Gasteiger partial charge >= 0.3 is 5.97 Å². The molecule has 0 fully saturated rings. The smallest absolute Gasteiger partial charge is 0.339 e. The van der Waals surface area contributed by atoms with Crippen LogP contribution in [0.2, 0.25) is 0 Å². The van der Waals surface area contributed by atoms with Gasteiger partial charge in [0.2, 0.25) is 5.75 Å². The Kier molecular flexibility index (Phi) is 1.92. The molecule has 0 aliphatic carbocycles. The molecule has 1 aliphatic rings. The third kappa shape index (κ3) is 1.22. The highest BCUT2D eigenvalue weighted by molar-refractivity contribution is 5.92. The molecule has 0 bridgehead atoms. The second-order valence-electron chi connectivity index (χ2n) is 2.79. The summed E-state index contributed by atoms with van der Waals surface area (Å²) < 4.78 is 10.2. The van der Waals surface area contributed by atoms with Crippen molar-refractivity contribution < 1.29 is 24.5 Å². The maximum atomic E-state index is 10.8. The van der Waals surface area contributed by atoms with Crippen molar-refractivity contribution in [3.8, 4) is 17.2 Å². The average Bonchev–Trinajstić information content (AvgIpc) is 2.18. The van der Waals surface area contributed by atoms with Gasteiger partial charge in [0.05, 0.1) is 0 Å². The average molecular weight is 196 g/mol. The molecule has 0 spiro atoms. The molecular weight excluding hydrogens is 188 g/mol.